The van der Waals surface area contributed by atoms with Crippen LogP contribution in [-0.2, 0) is 9.59 Å². The first-order valence-corrected chi connectivity index (χ1v) is 9.18. The molecule has 0 N–H and O–H groups in total. The highest BCUT2D eigenvalue weighted by Gasteiger charge is 2.67. The summed E-state index contributed by atoms with van der Waals surface area (Å²) in [4.78, 5) is 27.5. The zero-order valence-electron chi connectivity index (χ0n) is 12.5. The number of hydrogen-bond donors (Lipinski definition) is 0. The van der Waals surface area contributed by atoms with Crippen LogP contribution < -0.4 is 4.90 Å². The van der Waals surface area contributed by atoms with E-state index in [0.717, 1.165) is 10.0 Å². The van der Waals surface area contributed by atoms with Crippen molar-refractivity contribution in [3.63, 3.8) is 0 Å². The van der Waals surface area contributed by atoms with Crippen LogP contribution in [0.5, 0.6) is 0 Å². The topological polar surface area (TPSA) is 37.4 Å². The first kappa shape index (κ1) is 14.2. The SMILES string of the molecule is Cc1cc(Br)c(Cl)cc1N1C(=O)C2C3C=CC(C4CC34)C2C1=O. The quantitative estimate of drug-likeness (QED) is 0.536. The molecule has 1 aromatic rings. The van der Waals surface area contributed by atoms with Crippen molar-refractivity contribution >= 4 is 45.0 Å². The van der Waals surface area contributed by atoms with Crippen molar-refractivity contribution in [3.05, 3.63) is 39.3 Å². The molecule has 6 atom stereocenters. The van der Waals surface area contributed by atoms with Gasteiger partial charge in [0.2, 0.25) is 11.8 Å². The molecule has 2 amide bonds. The molecule has 6 rings (SSSR count). The van der Waals surface area contributed by atoms with Crippen LogP contribution in [0, 0.1) is 42.4 Å². The molecule has 1 aliphatic heterocycles. The normalized spacial score (nSPS) is 39.7. The third kappa shape index (κ3) is 1.71. The molecule has 1 aromatic carbocycles. The molecule has 1 saturated heterocycles. The Balaban J connectivity index is 1.61. The molecule has 5 aliphatic rings. The van der Waals surface area contributed by atoms with E-state index in [9.17, 15) is 9.59 Å². The monoisotopic (exact) mass is 391 g/mol. The van der Waals surface area contributed by atoms with Crippen molar-refractivity contribution in [2.24, 2.45) is 35.5 Å². The van der Waals surface area contributed by atoms with Crippen LogP contribution >= 0.6 is 27.5 Å². The maximum atomic E-state index is 13.1. The summed E-state index contributed by atoms with van der Waals surface area (Å²) in [5, 5.41) is 0.519. The molecule has 118 valence electrons. The number of nitrogens with zero attached hydrogens (tertiary/aromatic N) is 1. The molecule has 0 aromatic heterocycles. The van der Waals surface area contributed by atoms with E-state index in [1.165, 1.54) is 11.3 Å². The second kappa shape index (κ2) is 4.48. The molecule has 23 heavy (non-hydrogen) atoms. The van der Waals surface area contributed by atoms with E-state index in [1.54, 1.807) is 6.07 Å². The first-order valence-electron chi connectivity index (χ1n) is 8.01. The summed E-state index contributed by atoms with van der Waals surface area (Å²) < 4.78 is 0.778. The fraction of sp³-hybridized carbons (Fsp3) is 0.444. The summed E-state index contributed by atoms with van der Waals surface area (Å²) in [5.74, 6) is 1.35. The number of benzene rings is 1. The average Bonchev–Trinajstić information content (AvgIpc) is 3.29. The van der Waals surface area contributed by atoms with Crippen molar-refractivity contribution in [1.29, 1.82) is 0 Å². The predicted octanol–water partition coefficient (Wildman–Crippen LogP) is 3.97. The largest absolute Gasteiger partial charge is 0.274 e. The van der Waals surface area contributed by atoms with Crippen molar-refractivity contribution in [3.8, 4) is 0 Å². The lowest BCUT2D eigenvalue weighted by Gasteiger charge is -2.37. The van der Waals surface area contributed by atoms with Gasteiger partial charge in [-0.2, -0.15) is 0 Å². The van der Waals surface area contributed by atoms with Gasteiger partial charge in [-0.05, 0) is 70.6 Å². The van der Waals surface area contributed by atoms with Gasteiger partial charge in [0.15, 0.2) is 0 Å². The number of hydrogen-bond acceptors (Lipinski definition) is 2. The Morgan fingerprint density at radius 2 is 1.65 bits per heavy atom. The van der Waals surface area contributed by atoms with E-state index in [-0.39, 0.29) is 35.5 Å². The lowest BCUT2D eigenvalue weighted by molar-refractivity contribution is -0.124. The van der Waals surface area contributed by atoms with Crippen LogP contribution in [-0.4, -0.2) is 11.8 Å². The van der Waals surface area contributed by atoms with Crippen LogP contribution in [0.2, 0.25) is 5.02 Å². The molecular weight excluding hydrogens is 378 g/mol. The Kier molecular flexibility index (Phi) is 2.77. The van der Waals surface area contributed by atoms with Gasteiger partial charge in [0.05, 0.1) is 22.5 Å². The fourth-order valence-corrected chi connectivity index (χ4v) is 5.69. The van der Waals surface area contributed by atoms with Gasteiger partial charge < -0.3 is 0 Å². The van der Waals surface area contributed by atoms with Crippen molar-refractivity contribution in [1.82, 2.24) is 0 Å². The molecule has 0 radical (unpaired) electrons. The van der Waals surface area contributed by atoms with Crippen LogP contribution in [0.1, 0.15) is 12.0 Å². The van der Waals surface area contributed by atoms with E-state index >= 15 is 0 Å². The summed E-state index contributed by atoms with van der Waals surface area (Å²) in [7, 11) is 0. The Hall–Kier alpha value is -1.13. The third-order valence-electron chi connectivity index (χ3n) is 6.14. The predicted molar refractivity (Wildman–Crippen MR) is 91.1 cm³/mol. The van der Waals surface area contributed by atoms with Gasteiger partial charge in [0.25, 0.3) is 0 Å². The number of anilines is 1. The van der Waals surface area contributed by atoms with E-state index in [2.05, 4.69) is 28.1 Å². The molecule has 2 bridgehead atoms. The fourth-order valence-electron chi connectivity index (χ4n) is 5.07. The zero-order chi connectivity index (χ0) is 16.0. The molecule has 1 heterocycles. The minimum absolute atomic E-state index is 0.0359. The molecule has 6 unspecified atom stereocenters. The highest BCUT2D eigenvalue weighted by Crippen LogP contribution is 2.65. The summed E-state index contributed by atoms with van der Waals surface area (Å²) in [6, 6.07) is 3.59. The van der Waals surface area contributed by atoms with E-state index < -0.39 is 0 Å². The molecule has 3 nitrogen and oxygen atoms in total. The van der Waals surface area contributed by atoms with Gasteiger partial charge in [0, 0.05) is 4.47 Å². The Morgan fingerprint density at radius 3 is 2.22 bits per heavy atom. The first-order chi connectivity index (χ1) is 11.0. The molecule has 0 spiro atoms. The smallest absolute Gasteiger partial charge is 0.238 e. The molecule has 2 saturated carbocycles. The maximum absolute atomic E-state index is 13.1. The number of aryl methyl sites for hydroxylation is 1. The average molecular weight is 393 g/mol. The lowest BCUT2D eigenvalue weighted by Crippen LogP contribution is -2.40. The minimum Gasteiger partial charge on any atom is -0.274 e. The van der Waals surface area contributed by atoms with E-state index in [1.807, 2.05) is 13.0 Å². The van der Waals surface area contributed by atoms with Gasteiger partial charge >= 0.3 is 0 Å². The molecular formula is C18H15BrClNO2. The number of allylic oxidation sites excluding steroid dienone is 2. The van der Waals surface area contributed by atoms with Crippen molar-refractivity contribution in [2.75, 3.05) is 4.90 Å². The van der Waals surface area contributed by atoms with Crippen molar-refractivity contribution < 1.29 is 9.59 Å². The third-order valence-corrected chi connectivity index (χ3v) is 7.34. The standard InChI is InChI=1S/C18H15BrClNO2/c1-7-4-12(19)13(20)6-14(7)21-17(22)15-8-2-3-9(11-5-10(8)11)16(15)18(21)23/h2-4,6,8-11,15-16H,5H2,1H3. The number of carbonyl (C=O) groups excluding carboxylic acids is 2. The number of carbonyl (C=O) groups is 2. The highest BCUT2D eigenvalue weighted by molar-refractivity contribution is 9.10. The van der Waals surface area contributed by atoms with Crippen LogP contribution in [0.15, 0.2) is 28.8 Å². The Morgan fingerprint density at radius 1 is 1.09 bits per heavy atom. The van der Waals surface area contributed by atoms with Gasteiger partial charge in [-0.1, -0.05) is 23.8 Å². The van der Waals surface area contributed by atoms with Crippen LogP contribution in [0.4, 0.5) is 5.69 Å². The van der Waals surface area contributed by atoms with Gasteiger partial charge in [-0.3, -0.25) is 9.59 Å². The van der Waals surface area contributed by atoms with E-state index in [0.29, 0.717) is 22.5 Å². The minimum atomic E-state index is -0.164. The second-order valence-corrected chi connectivity index (χ2v) is 8.48. The van der Waals surface area contributed by atoms with Crippen LogP contribution in [0.3, 0.4) is 0 Å². The van der Waals surface area contributed by atoms with E-state index in [4.69, 9.17) is 11.6 Å². The highest BCUT2D eigenvalue weighted by atomic mass is 79.9. The lowest BCUT2D eigenvalue weighted by atomic mass is 9.63. The number of rotatable bonds is 1. The number of halogens is 2. The van der Waals surface area contributed by atoms with Crippen molar-refractivity contribution in [2.45, 2.75) is 13.3 Å². The Bertz CT molecular complexity index is 768. The molecule has 4 aliphatic carbocycles. The van der Waals surface area contributed by atoms with Crippen LogP contribution in [0.25, 0.3) is 0 Å². The molecule has 3 fully saturated rings. The summed E-state index contributed by atoms with van der Waals surface area (Å²) >= 11 is 9.60. The van der Waals surface area contributed by atoms with Gasteiger partial charge in [-0.15, -0.1) is 0 Å². The zero-order valence-corrected chi connectivity index (χ0v) is 14.8. The number of imide groups is 1. The Labute approximate surface area is 147 Å². The summed E-state index contributed by atoms with van der Waals surface area (Å²) in [6.07, 6.45) is 5.56. The second-order valence-electron chi connectivity index (χ2n) is 7.22. The summed E-state index contributed by atoms with van der Waals surface area (Å²) in [6.45, 7) is 1.91. The summed E-state index contributed by atoms with van der Waals surface area (Å²) in [5.41, 5.74) is 1.52. The van der Waals surface area contributed by atoms with Gasteiger partial charge in [-0.25, -0.2) is 4.90 Å². The number of amides is 2. The maximum Gasteiger partial charge on any atom is 0.238 e. The van der Waals surface area contributed by atoms with Gasteiger partial charge in [0.1, 0.15) is 0 Å². The molecule has 5 heteroatoms.